The molecule has 0 aromatic heterocycles. The van der Waals surface area contributed by atoms with Crippen LogP contribution >= 0.6 is 0 Å². The van der Waals surface area contributed by atoms with E-state index in [9.17, 15) is 4.79 Å². The average molecular weight is 223 g/mol. The first-order valence-electron chi connectivity index (χ1n) is 5.05. The summed E-state index contributed by atoms with van der Waals surface area (Å²) in [7, 11) is 3.00. The summed E-state index contributed by atoms with van der Waals surface area (Å²) in [6, 6.07) is 3.84. The molecule has 0 bridgehead atoms. The third-order valence-electron chi connectivity index (χ3n) is 2.68. The van der Waals surface area contributed by atoms with E-state index in [4.69, 9.17) is 4.74 Å². The van der Waals surface area contributed by atoms with Gasteiger partial charge in [0.25, 0.3) is 0 Å². The topological polar surface area (TPSA) is 47.6 Å². The van der Waals surface area contributed by atoms with Crippen LogP contribution in [0.4, 0.5) is 4.79 Å². The van der Waals surface area contributed by atoms with Crippen LogP contribution < -0.4 is 10.1 Å². The summed E-state index contributed by atoms with van der Waals surface area (Å²) in [5, 5.41) is 2.65. The lowest BCUT2D eigenvalue weighted by Gasteiger charge is -2.12. The van der Waals surface area contributed by atoms with E-state index in [1.807, 2.05) is 26.0 Å². The van der Waals surface area contributed by atoms with Gasteiger partial charge in [-0.2, -0.15) is 0 Å². The molecule has 0 saturated heterocycles. The molecule has 0 atom stereocenters. The number of hydrogen-bond acceptors (Lipinski definition) is 3. The summed E-state index contributed by atoms with van der Waals surface area (Å²) >= 11 is 0. The van der Waals surface area contributed by atoms with Gasteiger partial charge in [0.1, 0.15) is 5.75 Å². The predicted molar refractivity (Wildman–Crippen MR) is 61.7 cm³/mol. The average Bonchev–Trinajstić information content (AvgIpc) is 2.30. The van der Waals surface area contributed by atoms with Gasteiger partial charge in [0.15, 0.2) is 0 Å². The monoisotopic (exact) mass is 223 g/mol. The van der Waals surface area contributed by atoms with E-state index in [0.29, 0.717) is 6.54 Å². The smallest absolute Gasteiger partial charge is 0.407 e. The van der Waals surface area contributed by atoms with Gasteiger partial charge in [0.2, 0.25) is 0 Å². The first-order valence-corrected chi connectivity index (χ1v) is 5.05. The Hall–Kier alpha value is -1.71. The van der Waals surface area contributed by atoms with Gasteiger partial charge in [-0.05, 0) is 36.6 Å². The maximum absolute atomic E-state index is 10.9. The summed E-state index contributed by atoms with van der Waals surface area (Å²) < 4.78 is 9.73. The van der Waals surface area contributed by atoms with Crippen molar-refractivity contribution in [1.29, 1.82) is 0 Å². The highest BCUT2D eigenvalue weighted by molar-refractivity contribution is 5.67. The Labute approximate surface area is 95.6 Å². The van der Waals surface area contributed by atoms with Crippen LogP contribution in [0.3, 0.4) is 0 Å². The largest absolute Gasteiger partial charge is 0.496 e. The highest BCUT2D eigenvalue weighted by Gasteiger charge is 2.07. The van der Waals surface area contributed by atoms with Gasteiger partial charge in [-0.25, -0.2) is 4.79 Å². The highest BCUT2D eigenvalue weighted by atomic mass is 16.5. The molecule has 0 spiro atoms. The van der Waals surface area contributed by atoms with Crippen LogP contribution in [0, 0.1) is 13.8 Å². The predicted octanol–water partition coefficient (Wildman–Crippen LogP) is 2.17. The van der Waals surface area contributed by atoms with Crippen molar-refractivity contribution in [2.45, 2.75) is 20.4 Å². The molecule has 0 saturated carbocycles. The van der Waals surface area contributed by atoms with Gasteiger partial charge in [-0.3, -0.25) is 0 Å². The lowest BCUT2D eigenvalue weighted by molar-refractivity contribution is 0.170. The Bertz CT molecular complexity index is 388. The van der Waals surface area contributed by atoms with E-state index < -0.39 is 6.09 Å². The van der Waals surface area contributed by atoms with Gasteiger partial charge >= 0.3 is 6.09 Å². The molecule has 1 aromatic rings. The zero-order valence-electron chi connectivity index (χ0n) is 10.1. The second kappa shape index (κ2) is 5.39. The minimum absolute atomic E-state index is 0.423. The number of hydrogen-bond donors (Lipinski definition) is 1. The number of alkyl carbamates (subject to hydrolysis) is 1. The van der Waals surface area contributed by atoms with Crippen molar-refractivity contribution in [3.8, 4) is 5.75 Å². The molecule has 1 amide bonds. The third kappa shape index (κ3) is 2.66. The summed E-state index contributed by atoms with van der Waals surface area (Å²) in [6.45, 7) is 4.46. The Balaban J connectivity index is 2.82. The molecular weight excluding hydrogens is 206 g/mol. The molecule has 4 heteroatoms. The van der Waals surface area contributed by atoms with Crippen LogP contribution in [0.5, 0.6) is 5.75 Å². The number of rotatable bonds is 3. The van der Waals surface area contributed by atoms with E-state index >= 15 is 0 Å². The van der Waals surface area contributed by atoms with Crippen molar-refractivity contribution in [2.75, 3.05) is 14.2 Å². The Morgan fingerprint density at radius 1 is 1.25 bits per heavy atom. The normalized spacial score (nSPS) is 9.75. The van der Waals surface area contributed by atoms with Crippen LogP contribution in [0.15, 0.2) is 12.1 Å². The standard InChI is InChI=1S/C12H17NO3/c1-8-9(2)11(15-3)6-5-10(8)7-13-12(14)16-4/h5-6H,7H2,1-4H3,(H,13,14). The molecule has 0 fully saturated rings. The fraction of sp³-hybridized carbons (Fsp3) is 0.417. The molecule has 0 unspecified atom stereocenters. The minimum Gasteiger partial charge on any atom is -0.496 e. The number of ether oxygens (including phenoxy) is 2. The van der Waals surface area contributed by atoms with Crippen LogP contribution in [-0.2, 0) is 11.3 Å². The zero-order valence-corrected chi connectivity index (χ0v) is 10.1. The number of amides is 1. The van der Waals surface area contributed by atoms with E-state index in [2.05, 4.69) is 10.1 Å². The van der Waals surface area contributed by atoms with Gasteiger partial charge < -0.3 is 14.8 Å². The highest BCUT2D eigenvalue weighted by Crippen LogP contribution is 2.23. The van der Waals surface area contributed by atoms with Gasteiger partial charge in [0, 0.05) is 6.54 Å². The van der Waals surface area contributed by atoms with Crippen molar-refractivity contribution in [3.05, 3.63) is 28.8 Å². The molecule has 1 N–H and O–H groups in total. The number of benzene rings is 1. The van der Waals surface area contributed by atoms with Crippen LogP contribution in [-0.4, -0.2) is 20.3 Å². The maximum Gasteiger partial charge on any atom is 0.407 e. The Kier molecular flexibility index (Phi) is 4.17. The third-order valence-corrected chi connectivity index (χ3v) is 2.68. The summed E-state index contributed by atoms with van der Waals surface area (Å²) in [6.07, 6.45) is -0.423. The van der Waals surface area contributed by atoms with Crippen molar-refractivity contribution >= 4 is 6.09 Å². The molecule has 4 nitrogen and oxygen atoms in total. The van der Waals surface area contributed by atoms with Crippen molar-refractivity contribution in [1.82, 2.24) is 5.32 Å². The molecule has 88 valence electrons. The fourth-order valence-electron chi connectivity index (χ4n) is 1.50. The summed E-state index contributed by atoms with van der Waals surface area (Å²) in [5.41, 5.74) is 3.27. The SMILES string of the molecule is COC(=O)NCc1ccc(OC)c(C)c1C. The molecule has 1 aromatic carbocycles. The van der Waals surface area contributed by atoms with E-state index in [1.165, 1.54) is 7.11 Å². The lowest BCUT2D eigenvalue weighted by Crippen LogP contribution is -2.22. The number of carbonyl (C=O) groups is 1. The maximum atomic E-state index is 10.9. The van der Waals surface area contributed by atoms with E-state index in [1.54, 1.807) is 7.11 Å². The van der Waals surface area contributed by atoms with Gasteiger partial charge in [0.05, 0.1) is 14.2 Å². The van der Waals surface area contributed by atoms with Crippen molar-refractivity contribution in [2.24, 2.45) is 0 Å². The van der Waals surface area contributed by atoms with Gasteiger partial charge in [-0.15, -0.1) is 0 Å². The van der Waals surface area contributed by atoms with Crippen LogP contribution in [0.25, 0.3) is 0 Å². The first kappa shape index (κ1) is 12.4. The van der Waals surface area contributed by atoms with Crippen LogP contribution in [0.1, 0.15) is 16.7 Å². The second-order valence-corrected chi connectivity index (χ2v) is 3.52. The molecular formula is C12H17NO3. The van der Waals surface area contributed by atoms with E-state index in [-0.39, 0.29) is 0 Å². The molecule has 0 heterocycles. The molecule has 0 radical (unpaired) electrons. The van der Waals surface area contributed by atoms with Crippen molar-refractivity contribution < 1.29 is 14.3 Å². The van der Waals surface area contributed by atoms with Gasteiger partial charge in [-0.1, -0.05) is 6.07 Å². The molecule has 0 aliphatic rings. The van der Waals surface area contributed by atoms with E-state index in [0.717, 1.165) is 22.4 Å². The molecule has 0 aliphatic carbocycles. The first-order chi connectivity index (χ1) is 7.60. The molecule has 0 aliphatic heterocycles. The number of methoxy groups -OCH3 is 2. The van der Waals surface area contributed by atoms with Crippen LogP contribution in [0.2, 0.25) is 0 Å². The fourth-order valence-corrected chi connectivity index (χ4v) is 1.50. The molecule has 16 heavy (non-hydrogen) atoms. The number of nitrogens with one attached hydrogen (secondary N) is 1. The minimum atomic E-state index is -0.423. The zero-order chi connectivity index (χ0) is 12.1. The second-order valence-electron chi connectivity index (χ2n) is 3.52. The summed E-state index contributed by atoms with van der Waals surface area (Å²) in [5.74, 6) is 0.860. The molecule has 1 rings (SSSR count). The quantitative estimate of drug-likeness (QED) is 0.854. The Morgan fingerprint density at radius 2 is 1.94 bits per heavy atom. The Morgan fingerprint density at radius 3 is 2.50 bits per heavy atom. The summed E-state index contributed by atoms with van der Waals surface area (Å²) in [4.78, 5) is 10.9. The van der Waals surface area contributed by atoms with Crippen molar-refractivity contribution in [3.63, 3.8) is 0 Å². The number of carbonyl (C=O) groups excluding carboxylic acids is 1. The lowest BCUT2D eigenvalue weighted by atomic mass is 10.0.